The number of ether oxygens (including phenoxy) is 2. The SMILES string of the molecule is CCOCCNCCOc1cccc(Cl)c1Cl. The van der Waals surface area contributed by atoms with E-state index >= 15 is 0 Å². The zero-order valence-electron chi connectivity index (χ0n) is 9.84. The predicted molar refractivity (Wildman–Crippen MR) is 71.3 cm³/mol. The highest BCUT2D eigenvalue weighted by atomic mass is 35.5. The average Bonchev–Trinajstić information content (AvgIpc) is 2.33. The summed E-state index contributed by atoms with van der Waals surface area (Å²) >= 11 is 11.8. The Morgan fingerprint density at radius 3 is 2.71 bits per heavy atom. The summed E-state index contributed by atoms with van der Waals surface area (Å²) in [6.45, 7) is 5.55. The molecule has 0 amide bonds. The van der Waals surface area contributed by atoms with E-state index in [2.05, 4.69) is 5.32 Å². The molecule has 0 radical (unpaired) electrons. The Labute approximate surface area is 112 Å². The molecule has 96 valence electrons. The van der Waals surface area contributed by atoms with Gasteiger partial charge in [0, 0.05) is 19.7 Å². The van der Waals surface area contributed by atoms with Gasteiger partial charge >= 0.3 is 0 Å². The summed E-state index contributed by atoms with van der Waals surface area (Å²) in [5.74, 6) is 0.616. The molecule has 0 saturated carbocycles. The van der Waals surface area contributed by atoms with Crippen LogP contribution >= 0.6 is 23.2 Å². The summed E-state index contributed by atoms with van der Waals surface area (Å²) in [4.78, 5) is 0. The van der Waals surface area contributed by atoms with Crippen molar-refractivity contribution in [1.82, 2.24) is 5.32 Å². The summed E-state index contributed by atoms with van der Waals surface area (Å²) in [5.41, 5.74) is 0. The molecule has 17 heavy (non-hydrogen) atoms. The Hall–Kier alpha value is -0.480. The second-order valence-electron chi connectivity index (χ2n) is 3.35. The molecule has 0 bridgehead atoms. The summed E-state index contributed by atoms with van der Waals surface area (Å²) < 4.78 is 10.7. The van der Waals surface area contributed by atoms with E-state index in [4.69, 9.17) is 32.7 Å². The fraction of sp³-hybridized carbons (Fsp3) is 0.500. The van der Waals surface area contributed by atoms with Crippen molar-refractivity contribution in [2.75, 3.05) is 32.9 Å². The van der Waals surface area contributed by atoms with Gasteiger partial charge < -0.3 is 14.8 Å². The van der Waals surface area contributed by atoms with Crippen molar-refractivity contribution in [3.05, 3.63) is 28.2 Å². The largest absolute Gasteiger partial charge is 0.491 e. The molecule has 0 aromatic heterocycles. The first-order valence-corrected chi connectivity index (χ1v) is 6.36. The van der Waals surface area contributed by atoms with Crippen molar-refractivity contribution < 1.29 is 9.47 Å². The maximum absolute atomic E-state index is 5.98. The molecule has 0 saturated heterocycles. The Bertz CT molecular complexity index is 334. The van der Waals surface area contributed by atoms with Crippen molar-refractivity contribution in [2.45, 2.75) is 6.92 Å². The minimum atomic E-state index is 0.462. The molecule has 0 fully saturated rings. The molecule has 0 spiro atoms. The Kier molecular flexibility index (Phi) is 7.37. The fourth-order valence-corrected chi connectivity index (χ4v) is 1.59. The lowest BCUT2D eigenvalue weighted by Crippen LogP contribution is -2.25. The smallest absolute Gasteiger partial charge is 0.139 e. The lowest BCUT2D eigenvalue weighted by molar-refractivity contribution is 0.148. The number of halogens is 2. The Morgan fingerprint density at radius 2 is 1.94 bits per heavy atom. The lowest BCUT2D eigenvalue weighted by Gasteiger charge is -2.09. The highest BCUT2D eigenvalue weighted by Gasteiger charge is 2.04. The number of nitrogens with one attached hydrogen (secondary N) is 1. The van der Waals surface area contributed by atoms with Crippen LogP contribution in [0.2, 0.25) is 10.0 Å². The maximum Gasteiger partial charge on any atom is 0.139 e. The topological polar surface area (TPSA) is 30.5 Å². The van der Waals surface area contributed by atoms with Crippen LogP contribution in [0, 0.1) is 0 Å². The van der Waals surface area contributed by atoms with Crippen LogP contribution in [0.3, 0.4) is 0 Å². The monoisotopic (exact) mass is 277 g/mol. The molecule has 1 N–H and O–H groups in total. The molecule has 0 aliphatic rings. The molecule has 0 unspecified atom stereocenters. The van der Waals surface area contributed by atoms with Gasteiger partial charge in [0.15, 0.2) is 0 Å². The van der Waals surface area contributed by atoms with Crippen LogP contribution in [0.25, 0.3) is 0 Å². The van der Waals surface area contributed by atoms with Crippen LogP contribution < -0.4 is 10.1 Å². The molecular weight excluding hydrogens is 261 g/mol. The van der Waals surface area contributed by atoms with Gasteiger partial charge in [-0.15, -0.1) is 0 Å². The van der Waals surface area contributed by atoms with E-state index in [1.54, 1.807) is 12.1 Å². The van der Waals surface area contributed by atoms with Crippen molar-refractivity contribution >= 4 is 23.2 Å². The van der Waals surface area contributed by atoms with Gasteiger partial charge in [-0.2, -0.15) is 0 Å². The number of hydrogen-bond donors (Lipinski definition) is 1. The summed E-state index contributed by atoms with van der Waals surface area (Å²) in [5, 5.41) is 4.17. The molecular formula is C12H17Cl2NO2. The quantitative estimate of drug-likeness (QED) is 0.741. The first-order chi connectivity index (χ1) is 8.25. The molecule has 1 aromatic rings. The molecule has 5 heteroatoms. The molecule has 1 aromatic carbocycles. The van der Waals surface area contributed by atoms with Crippen LogP contribution in [0.15, 0.2) is 18.2 Å². The van der Waals surface area contributed by atoms with E-state index in [9.17, 15) is 0 Å². The van der Waals surface area contributed by atoms with E-state index in [0.29, 0.717) is 29.0 Å². The summed E-state index contributed by atoms with van der Waals surface area (Å²) in [6.07, 6.45) is 0. The first kappa shape index (κ1) is 14.6. The summed E-state index contributed by atoms with van der Waals surface area (Å²) in [7, 11) is 0. The molecule has 0 atom stereocenters. The molecule has 1 rings (SSSR count). The second-order valence-corrected chi connectivity index (χ2v) is 4.13. The van der Waals surface area contributed by atoms with Crippen molar-refractivity contribution in [3.8, 4) is 5.75 Å². The molecule has 0 aliphatic heterocycles. The van der Waals surface area contributed by atoms with Crippen LogP contribution in [-0.2, 0) is 4.74 Å². The fourth-order valence-electron chi connectivity index (χ4n) is 1.24. The Balaban J connectivity index is 2.16. The van der Waals surface area contributed by atoms with E-state index in [1.165, 1.54) is 0 Å². The van der Waals surface area contributed by atoms with E-state index < -0.39 is 0 Å². The van der Waals surface area contributed by atoms with Crippen molar-refractivity contribution in [1.29, 1.82) is 0 Å². The average molecular weight is 278 g/mol. The third-order valence-electron chi connectivity index (χ3n) is 2.08. The van der Waals surface area contributed by atoms with Crippen molar-refractivity contribution in [2.24, 2.45) is 0 Å². The molecule has 0 heterocycles. The normalized spacial score (nSPS) is 10.5. The predicted octanol–water partition coefficient (Wildman–Crippen LogP) is 3.00. The highest BCUT2D eigenvalue weighted by Crippen LogP contribution is 2.31. The number of hydrogen-bond acceptors (Lipinski definition) is 3. The summed E-state index contributed by atoms with van der Waals surface area (Å²) in [6, 6.07) is 5.34. The van der Waals surface area contributed by atoms with Gasteiger partial charge in [-0.25, -0.2) is 0 Å². The minimum absolute atomic E-state index is 0.462. The molecule has 3 nitrogen and oxygen atoms in total. The first-order valence-electron chi connectivity index (χ1n) is 5.61. The van der Waals surface area contributed by atoms with E-state index in [-0.39, 0.29) is 0 Å². The second kappa shape index (κ2) is 8.59. The zero-order valence-corrected chi connectivity index (χ0v) is 11.4. The highest BCUT2D eigenvalue weighted by molar-refractivity contribution is 6.42. The van der Waals surface area contributed by atoms with Gasteiger partial charge in [0.1, 0.15) is 17.4 Å². The van der Waals surface area contributed by atoms with Gasteiger partial charge in [0.25, 0.3) is 0 Å². The third-order valence-corrected chi connectivity index (χ3v) is 2.88. The van der Waals surface area contributed by atoms with Crippen molar-refractivity contribution in [3.63, 3.8) is 0 Å². The van der Waals surface area contributed by atoms with Gasteiger partial charge in [-0.1, -0.05) is 29.3 Å². The van der Waals surface area contributed by atoms with Gasteiger partial charge in [-0.05, 0) is 19.1 Å². The molecule has 0 aliphatic carbocycles. The lowest BCUT2D eigenvalue weighted by atomic mass is 10.3. The Morgan fingerprint density at radius 1 is 1.18 bits per heavy atom. The van der Waals surface area contributed by atoms with Crippen LogP contribution in [-0.4, -0.2) is 32.9 Å². The van der Waals surface area contributed by atoms with Crippen LogP contribution in [0.4, 0.5) is 0 Å². The minimum Gasteiger partial charge on any atom is -0.491 e. The van der Waals surface area contributed by atoms with Gasteiger partial charge in [-0.3, -0.25) is 0 Å². The van der Waals surface area contributed by atoms with Gasteiger partial charge in [0.2, 0.25) is 0 Å². The van der Waals surface area contributed by atoms with Crippen LogP contribution in [0.5, 0.6) is 5.75 Å². The van der Waals surface area contributed by atoms with E-state index in [1.807, 2.05) is 13.0 Å². The van der Waals surface area contributed by atoms with Crippen LogP contribution in [0.1, 0.15) is 6.92 Å². The number of rotatable bonds is 8. The van der Waals surface area contributed by atoms with E-state index in [0.717, 1.165) is 19.7 Å². The third kappa shape index (κ3) is 5.59. The zero-order chi connectivity index (χ0) is 12.5. The number of benzene rings is 1. The standard InChI is InChI=1S/C12H17Cl2NO2/c1-2-16-8-6-15-7-9-17-11-5-3-4-10(13)12(11)14/h3-5,15H,2,6-9H2,1H3. The van der Waals surface area contributed by atoms with Gasteiger partial charge in [0.05, 0.1) is 11.6 Å². The maximum atomic E-state index is 5.98.